The Labute approximate surface area is 114 Å². The molecule has 0 aliphatic heterocycles. The van der Waals surface area contributed by atoms with E-state index in [1.54, 1.807) is 19.1 Å². The fraction of sp³-hybridized carbons (Fsp3) is 0.500. The maximum atomic E-state index is 12.1. The molecule has 1 N–H and O–H groups in total. The molecule has 19 heavy (non-hydrogen) atoms. The average molecular weight is 278 g/mol. The molecule has 1 aliphatic carbocycles. The molecule has 102 valence electrons. The summed E-state index contributed by atoms with van der Waals surface area (Å²) in [6, 6.07) is 6.61. The molecule has 0 spiro atoms. The van der Waals surface area contributed by atoms with Crippen LogP contribution in [0.4, 0.5) is 0 Å². The topological polar surface area (TPSA) is 70.0 Å². The maximum Gasteiger partial charge on any atom is 0.240 e. The van der Waals surface area contributed by atoms with Crippen molar-refractivity contribution in [3.63, 3.8) is 0 Å². The number of hydrogen-bond donors (Lipinski definition) is 1. The number of aryl methyl sites for hydroxylation is 1. The van der Waals surface area contributed by atoms with Crippen LogP contribution in [0.3, 0.4) is 0 Å². The lowest BCUT2D eigenvalue weighted by Gasteiger charge is -2.12. The van der Waals surface area contributed by atoms with Gasteiger partial charge < -0.3 is 0 Å². The van der Waals surface area contributed by atoms with Crippen molar-refractivity contribution >= 4 is 10.0 Å². The molecule has 1 saturated carbocycles. The number of hydrogen-bond acceptors (Lipinski definition) is 3. The summed E-state index contributed by atoms with van der Waals surface area (Å²) < 4.78 is 26.9. The first-order valence-corrected chi connectivity index (χ1v) is 7.93. The zero-order chi connectivity index (χ0) is 14.0. The van der Waals surface area contributed by atoms with E-state index in [0.29, 0.717) is 29.5 Å². The molecule has 1 aromatic rings. The van der Waals surface area contributed by atoms with Crippen LogP contribution in [0, 0.1) is 30.1 Å². The molecule has 0 bridgehead atoms. The first-order valence-electron chi connectivity index (χ1n) is 6.44. The van der Waals surface area contributed by atoms with Gasteiger partial charge in [-0.2, -0.15) is 5.26 Å². The van der Waals surface area contributed by atoms with Crippen molar-refractivity contribution in [3.8, 4) is 6.07 Å². The molecule has 1 atom stereocenters. The smallest absolute Gasteiger partial charge is 0.211 e. The van der Waals surface area contributed by atoms with Gasteiger partial charge >= 0.3 is 0 Å². The summed E-state index contributed by atoms with van der Waals surface area (Å²) in [5.41, 5.74) is 1.19. The second-order valence-electron chi connectivity index (χ2n) is 5.26. The third-order valence-electron chi connectivity index (χ3n) is 3.65. The summed E-state index contributed by atoms with van der Waals surface area (Å²) in [5, 5.41) is 8.84. The minimum absolute atomic E-state index is 0.229. The normalized spacial score (nSPS) is 16.9. The van der Waals surface area contributed by atoms with Crippen molar-refractivity contribution < 1.29 is 8.42 Å². The summed E-state index contributed by atoms with van der Waals surface area (Å²) in [6.45, 7) is 4.29. The second-order valence-corrected chi connectivity index (χ2v) is 7.02. The second kappa shape index (κ2) is 5.32. The molecule has 0 aromatic heterocycles. The minimum atomic E-state index is -3.47. The molecule has 1 aliphatic rings. The van der Waals surface area contributed by atoms with Crippen LogP contribution < -0.4 is 4.72 Å². The lowest BCUT2D eigenvalue weighted by molar-refractivity contribution is 0.492. The molecule has 1 fully saturated rings. The number of rotatable bonds is 5. The van der Waals surface area contributed by atoms with Gasteiger partial charge in [0.25, 0.3) is 0 Å². The molecule has 0 amide bonds. The summed E-state index contributed by atoms with van der Waals surface area (Å²) >= 11 is 0. The number of nitrogens with one attached hydrogen (secondary N) is 1. The van der Waals surface area contributed by atoms with E-state index in [1.165, 1.54) is 18.9 Å². The Hall–Kier alpha value is -1.38. The average Bonchev–Trinajstić information content (AvgIpc) is 3.20. The highest BCUT2D eigenvalue weighted by Crippen LogP contribution is 2.36. The summed E-state index contributed by atoms with van der Waals surface area (Å²) in [7, 11) is -3.47. The highest BCUT2D eigenvalue weighted by molar-refractivity contribution is 7.89. The molecule has 4 nitrogen and oxygen atoms in total. The van der Waals surface area contributed by atoms with Crippen molar-refractivity contribution in [2.45, 2.75) is 31.6 Å². The van der Waals surface area contributed by atoms with Crippen LogP contribution in [-0.2, 0) is 10.0 Å². The lowest BCUT2D eigenvalue weighted by Crippen LogP contribution is -2.29. The number of sulfonamides is 1. The van der Waals surface area contributed by atoms with Crippen LogP contribution in [0.15, 0.2) is 23.1 Å². The van der Waals surface area contributed by atoms with Crippen LogP contribution in [0.25, 0.3) is 0 Å². The van der Waals surface area contributed by atoms with E-state index in [1.807, 2.05) is 6.07 Å². The van der Waals surface area contributed by atoms with E-state index in [-0.39, 0.29) is 4.90 Å². The number of nitriles is 1. The van der Waals surface area contributed by atoms with Crippen molar-refractivity contribution in [1.82, 2.24) is 4.72 Å². The fourth-order valence-electron chi connectivity index (χ4n) is 2.09. The Bertz CT molecular complexity index is 613. The standard InChI is InChI=1S/C14H18N2O2S/c1-10-7-14(6-5-13(10)8-15)19(17,18)16-9-11(2)12-3-4-12/h5-7,11-12,16H,3-4,9H2,1-2H3. The third-order valence-corrected chi connectivity index (χ3v) is 5.07. The van der Waals surface area contributed by atoms with Gasteiger partial charge in [-0.3, -0.25) is 0 Å². The molecular formula is C14H18N2O2S. The van der Waals surface area contributed by atoms with Crippen molar-refractivity contribution in [1.29, 1.82) is 5.26 Å². The first kappa shape index (κ1) is 14.0. The van der Waals surface area contributed by atoms with Crippen LogP contribution in [0.1, 0.15) is 30.9 Å². The summed E-state index contributed by atoms with van der Waals surface area (Å²) in [6.07, 6.45) is 2.41. The Balaban J connectivity index is 2.10. The highest BCUT2D eigenvalue weighted by Gasteiger charge is 2.28. The van der Waals surface area contributed by atoms with Gasteiger partial charge in [-0.15, -0.1) is 0 Å². The number of nitrogens with zero attached hydrogens (tertiary/aromatic N) is 1. The molecule has 1 aromatic carbocycles. The summed E-state index contributed by atoms with van der Waals surface area (Å²) in [5.74, 6) is 1.06. The van der Waals surface area contributed by atoms with E-state index in [2.05, 4.69) is 11.6 Å². The Morgan fingerprint density at radius 1 is 1.47 bits per heavy atom. The third kappa shape index (κ3) is 3.34. The molecule has 0 saturated heterocycles. The van der Waals surface area contributed by atoms with Gasteiger partial charge in [-0.25, -0.2) is 13.1 Å². The van der Waals surface area contributed by atoms with Crippen molar-refractivity contribution in [2.24, 2.45) is 11.8 Å². The maximum absolute atomic E-state index is 12.1. The van der Waals surface area contributed by atoms with E-state index >= 15 is 0 Å². The van der Waals surface area contributed by atoms with Crippen LogP contribution in [0.2, 0.25) is 0 Å². The van der Waals surface area contributed by atoms with E-state index < -0.39 is 10.0 Å². The quantitative estimate of drug-likeness (QED) is 0.897. The Morgan fingerprint density at radius 3 is 2.68 bits per heavy atom. The van der Waals surface area contributed by atoms with Gasteiger partial charge in [-0.1, -0.05) is 6.92 Å². The highest BCUT2D eigenvalue weighted by atomic mass is 32.2. The van der Waals surface area contributed by atoms with E-state index in [9.17, 15) is 8.42 Å². The van der Waals surface area contributed by atoms with Gasteiger partial charge in [0, 0.05) is 6.54 Å². The molecule has 0 radical (unpaired) electrons. The molecule has 2 rings (SSSR count). The lowest BCUT2D eigenvalue weighted by atomic mass is 10.1. The van der Waals surface area contributed by atoms with Gasteiger partial charge in [0.05, 0.1) is 16.5 Å². The molecule has 5 heteroatoms. The van der Waals surface area contributed by atoms with Gasteiger partial charge in [0.15, 0.2) is 0 Å². The zero-order valence-electron chi connectivity index (χ0n) is 11.2. The molecule has 1 unspecified atom stereocenters. The van der Waals surface area contributed by atoms with Gasteiger partial charge in [0.1, 0.15) is 0 Å². The summed E-state index contributed by atoms with van der Waals surface area (Å²) in [4.78, 5) is 0.229. The zero-order valence-corrected chi connectivity index (χ0v) is 12.0. The molecule has 0 heterocycles. The number of benzene rings is 1. The Kier molecular flexibility index (Phi) is 3.93. The van der Waals surface area contributed by atoms with E-state index in [4.69, 9.17) is 5.26 Å². The SMILES string of the molecule is Cc1cc(S(=O)(=O)NCC(C)C2CC2)ccc1C#N. The minimum Gasteiger partial charge on any atom is -0.211 e. The van der Waals surface area contributed by atoms with Crippen molar-refractivity contribution in [2.75, 3.05) is 6.54 Å². The first-order chi connectivity index (χ1) is 8.94. The van der Waals surface area contributed by atoms with Crippen molar-refractivity contribution in [3.05, 3.63) is 29.3 Å². The van der Waals surface area contributed by atoms with Gasteiger partial charge in [0.2, 0.25) is 10.0 Å². The predicted octanol–water partition coefficient (Wildman–Crippen LogP) is 2.19. The fourth-order valence-corrected chi connectivity index (χ4v) is 3.31. The van der Waals surface area contributed by atoms with E-state index in [0.717, 1.165) is 0 Å². The largest absolute Gasteiger partial charge is 0.240 e. The van der Waals surface area contributed by atoms with Crippen LogP contribution in [-0.4, -0.2) is 15.0 Å². The van der Waals surface area contributed by atoms with Crippen LogP contribution in [0.5, 0.6) is 0 Å². The Morgan fingerprint density at radius 2 is 2.16 bits per heavy atom. The monoisotopic (exact) mass is 278 g/mol. The predicted molar refractivity (Wildman–Crippen MR) is 73.0 cm³/mol. The van der Waals surface area contributed by atoms with Crippen LogP contribution >= 0.6 is 0 Å². The van der Waals surface area contributed by atoms with Gasteiger partial charge in [-0.05, 0) is 55.4 Å². The molecular weight excluding hydrogens is 260 g/mol.